The molecule has 1 aliphatic carbocycles. The lowest BCUT2D eigenvalue weighted by atomic mass is 10.0. The summed E-state index contributed by atoms with van der Waals surface area (Å²) in [5, 5.41) is 3.79. The number of fused-ring (bicyclic) bond motifs is 1. The van der Waals surface area contributed by atoms with E-state index in [0.717, 1.165) is 41.8 Å². The highest BCUT2D eigenvalue weighted by Crippen LogP contribution is 2.36. The molecule has 228 valence electrons. The molecule has 3 aromatic carbocycles. The summed E-state index contributed by atoms with van der Waals surface area (Å²) in [6.07, 6.45) is 4.99. The third kappa shape index (κ3) is 7.55. The normalized spacial score (nSPS) is 15.2. The standard InChI is InChI=1S/C31H33Cl2N3O6S/c1-43(39,40)36(23-14-15-28-29(17-23)42-20-41-28)19-30(37)35(18-24-25(32)12-7-13-26(24)33)27(16-21-8-3-2-4-9-21)31(38)34-22-10-5-6-11-22/h2-4,7-9,12-15,17,22,27H,5-6,10-11,16,18-20H2,1H3,(H,34,38)/t27-/m0/s1. The maximum Gasteiger partial charge on any atom is 0.244 e. The Morgan fingerprint density at radius 3 is 2.30 bits per heavy atom. The van der Waals surface area contributed by atoms with Crippen LogP contribution in [-0.4, -0.2) is 56.8 Å². The molecule has 1 N–H and O–H groups in total. The van der Waals surface area contributed by atoms with Gasteiger partial charge in [-0.3, -0.25) is 13.9 Å². The van der Waals surface area contributed by atoms with Crippen LogP contribution in [0.1, 0.15) is 36.8 Å². The number of carbonyl (C=O) groups is 2. The van der Waals surface area contributed by atoms with Gasteiger partial charge in [-0.1, -0.05) is 72.4 Å². The maximum absolute atomic E-state index is 14.3. The van der Waals surface area contributed by atoms with Crippen molar-refractivity contribution < 1.29 is 27.5 Å². The molecule has 1 fully saturated rings. The van der Waals surface area contributed by atoms with Crippen LogP contribution in [0.3, 0.4) is 0 Å². The zero-order valence-electron chi connectivity index (χ0n) is 23.7. The van der Waals surface area contributed by atoms with Gasteiger partial charge < -0.3 is 19.7 Å². The van der Waals surface area contributed by atoms with Gasteiger partial charge in [0.2, 0.25) is 28.6 Å². The molecule has 12 heteroatoms. The molecule has 1 saturated carbocycles. The molecule has 1 aliphatic heterocycles. The molecule has 2 amide bonds. The molecule has 43 heavy (non-hydrogen) atoms. The molecule has 5 rings (SSSR count). The van der Waals surface area contributed by atoms with E-state index in [4.69, 9.17) is 32.7 Å². The van der Waals surface area contributed by atoms with Crippen LogP contribution in [0.2, 0.25) is 10.0 Å². The van der Waals surface area contributed by atoms with Crippen molar-refractivity contribution in [2.24, 2.45) is 0 Å². The van der Waals surface area contributed by atoms with Crippen LogP contribution in [0.15, 0.2) is 66.7 Å². The Bertz CT molecular complexity index is 1560. The highest BCUT2D eigenvalue weighted by molar-refractivity contribution is 7.92. The Balaban J connectivity index is 1.53. The number of halogens is 2. The average molecular weight is 647 g/mol. The first-order chi connectivity index (χ1) is 20.6. The van der Waals surface area contributed by atoms with Crippen LogP contribution >= 0.6 is 23.2 Å². The summed E-state index contributed by atoms with van der Waals surface area (Å²) in [4.78, 5) is 29.6. The highest BCUT2D eigenvalue weighted by Gasteiger charge is 2.35. The summed E-state index contributed by atoms with van der Waals surface area (Å²) >= 11 is 13.1. The van der Waals surface area contributed by atoms with Crippen molar-refractivity contribution in [1.29, 1.82) is 0 Å². The number of nitrogens with zero attached hydrogens (tertiary/aromatic N) is 2. The van der Waals surface area contributed by atoms with Crippen LogP contribution in [0.25, 0.3) is 0 Å². The van der Waals surface area contributed by atoms with Gasteiger partial charge in [-0.15, -0.1) is 0 Å². The summed E-state index contributed by atoms with van der Waals surface area (Å²) in [5.74, 6) is -0.0657. The predicted molar refractivity (Wildman–Crippen MR) is 166 cm³/mol. The SMILES string of the molecule is CS(=O)(=O)N(CC(=O)N(Cc1c(Cl)cccc1Cl)[C@@H](Cc1ccccc1)C(=O)NC1CCCC1)c1ccc2c(c1)OCO2. The second kappa shape index (κ2) is 13.4. The lowest BCUT2D eigenvalue weighted by Crippen LogP contribution is -2.54. The van der Waals surface area contributed by atoms with Gasteiger partial charge in [-0.2, -0.15) is 0 Å². The minimum absolute atomic E-state index is 0.00720. The topological polar surface area (TPSA) is 105 Å². The molecule has 1 atom stereocenters. The Morgan fingerprint density at radius 2 is 1.63 bits per heavy atom. The molecular formula is C31H33Cl2N3O6S. The van der Waals surface area contributed by atoms with E-state index in [1.807, 2.05) is 30.3 Å². The van der Waals surface area contributed by atoms with Crippen LogP contribution in [-0.2, 0) is 32.6 Å². The van der Waals surface area contributed by atoms with Gasteiger partial charge >= 0.3 is 0 Å². The first kappa shape index (κ1) is 31.0. The van der Waals surface area contributed by atoms with Crippen LogP contribution < -0.4 is 19.1 Å². The van der Waals surface area contributed by atoms with Gasteiger partial charge in [-0.05, 0) is 42.7 Å². The third-order valence-corrected chi connectivity index (χ3v) is 9.53. The number of nitrogens with one attached hydrogen (secondary N) is 1. The molecule has 1 heterocycles. The lowest BCUT2D eigenvalue weighted by molar-refractivity contribution is -0.140. The molecule has 2 aliphatic rings. The maximum atomic E-state index is 14.3. The Hall–Kier alpha value is -3.47. The van der Waals surface area contributed by atoms with Crippen molar-refractivity contribution >= 4 is 50.7 Å². The molecule has 0 bridgehead atoms. The van der Waals surface area contributed by atoms with E-state index in [1.165, 1.54) is 11.0 Å². The number of rotatable bonds is 11. The van der Waals surface area contributed by atoms with Gasteiger partial charge in [-0.25, -0.2) is 8.42 Å². The zero-order chi connectivity index (χ0) is 30.6. The number of hydrogen-bond acceptors (Lipinski definition) is 6. The highest BCUT2D eigenvalue weighted by atomic mass is 35.5. The second-order valence-electron chi connectivity index (χ2n) is 10.7. The molecule has 0 radical (unpaired) electrons. The van der Waals surface area contributed by atoms with Gasteiger partial charge in [0.25, 0.3) is 0 Å². The molecular weight excluding hydrogens is 613 g/mol. The number of anilines is 1. The fourth-order valence-electron chi connectivity index (χ4n) is 5.43. The molecule has 9 nitrogen and oxygen atoms in total. The van der Waals surface area contributed by atoms with Gasteiger partial charge in [0.05, 0.1) is 11.9 Å². The Kier molecular flexibility index (Phi) is 9.68. The smallest absolute Gasteiger partial charge is 0.244 e. The van der Waals surface area contributed by atoms with E-state index in [-0.39, 0.29) is 37.4 Å². The van der Waals surface area contributed by atoms with E-state index >= 15 is 0 Å². The van der Waals surface area contributed by atoms with E-state index in [2.05, 4.69) is 5.32 Å². The summed E-state index contributed by atoms with van der Waals surface area (Å²) in [5.41, 5.74) is 1.53. The summed E-state index contributed by atoms with van der Waals surface area (Å²) in [6.45, 7) is -0.658. The van der Waals surface area contributed by atoms with E-state index < -0.39 is 28.5 Å². The third-order valence-electron chi connectivity index (χ3n) is 7.69. The Morgan fingerprint density at radius 1 is 0.953 bits per heavy atom. The molecule has 3 aromatic rings. The monoisotopic (exact) mass is 645 g/mol. The van der Waals surface area contributed by atoms with E-state index in [9.17, 15) is 18.0 Å². The Labute approximate surface area is 261 Å². The number of amides is 2. The van der Waals surface area contributed by atoms with Gasteiger partial charge in [0.1, 0.15) is 12.6 Å². The zero-order valence-corrected chi connectivity index (χ0v) is 26.0. The van der Waals surface area contributed by atoms with Crippen molar-refractivity contribution in [1.82, 2.24) is 10.2 Å². The molecule has 0 saturated heterocycles. The van der Waals surface area contributed by atoms with Gasteiger partial charge in [0, 0.05) is 40.7 Å². The molecule has 0 spiro atoms. The fourth-order valence-corrected chi connectivity index (χ4v) is 6.79. The number of benzene rings is 3. The van der Waals surface area contributed by atoms with Crippen molar-refractivity contribution in [3.05, 3.63) is 87.9 Å². The number of ether oxygens (including phenoxy) is 2. The number of carbonyl (C=O) groups excluding carboxylic acids is 2. The average Bonchev–Trinajstić information content (AvgIpc) is 3.66. The number of hydrogen-bond donors (Lipinski definition) is 1. The number of sulfonamides is 1. The van der Waals surface area contributed by atoms with E-state index in [0.29, 0.717) is 27.1 Å². The lowest BCUT2D eigenvalue weighted by Gasteiger charge is -2.34. The van der Waals surface area contributed by atoms with Crippen LogP contribution in [0, 0.1) is 0 Å². The molecule has 0 aromatic heterocycles. The summed E-state index contributed by atoms with van der Waals surface area (Å²) < 4.78 is 37.9. The summed E-state index contributed by atoms with van der Waals surface area (Å²) in [6, 6.07) is 18.1. The predicted octanol–water partition coefficient (Wildman–Crippen LogP) is 5.19. The van der Waals surface area contributed by atoms with Crippen molar-refractivity contribution in [2.45, 2.75) is 50.7 Å². The van der Waals surface area contributed by atoms with Gasteiger partial charge in [0.15, 0.2) is 11.5 Å². The minimum atomic E-state index is -3.94. The first-order valence-electron chi connectivity index (χ1n) is 14.0. The van der Waals surface area contributed by atoms with Crippen molar-refractivity contribution in [3.63, 3.8) is 0 Å². The summed E-state index contributed by atoms with van der Waals surface area (Å²) in [7, 11) is -3.94. The first-order valence-corrected chi connectivity index (χ1v) is 16.6. The quantitative estimate of drug-likeness (QED) is 0.308. The fraction of sp³-hybridized carbons (Fsp3) is 0.355. The molecule has 0 unspecified atom stereocenters. The van der Waals surface area contributed by atoms with Crippen LogP contribution in [0.5, 0.6) is 11.5 Å². The largest absolute Gasteiger partial charge is 0.454 e. The van der Waals surface area contributed by atoms with Crippen molar-refractivity contribution in [2.75, 3.05) is 23.9 Å². The minimum Gasteiger partial charge on any atom is -0.454 e. The second-order valence-corrected chi connectivity index (χ2v) is 13.4. The van der Waals surface area contributed by atoms with E-state index in [1.54, 1.807) is 30.3 Å². The van der Waals surface area contributed by atoms with Crippen molar-refractivity contribution in [3.8, 4) is 11.5 Å². The van der Waals surface area contributed by atoms with Crippen LogP contribution in [0.4, 0.5) is 5.69 Å².